The number of carbonyl (C=O) groups is 1. The summed E-state index contributed by atoms with van der Waals surface area (Å²) in [6.07, 6.45) is 2.66. The van der Waals surface area contributed by atoms with E-state index in [2.05, 4.69) is 0 Å². The first-order valence-corrected chi connectivity index (χ1v) is 6.38. The highest BCUT2D eigenvalue weighted by Crippen LogP contribution is 2.23. The van der Waals surface area contributed by atoms with Gasteiger partial charge in [0.25, 0.3) is 0 Å². The van der Waals surface area contributed by atoms with Crippen molar-refractivity contribution < 1.29 is 9.21 Å². The van der Waals surface area contributed by atoms with Crippen LogP contribution >= 0.6 is 0 Å². The van der Waals surface area contributed by atoms with Gasteiger partial charge in [-0.3, -0.25) is 4.79 Å². The number of fused-ring (bicyclic) bond motifs is 1. The number of carbonyl (C=O) groups excluding carboxylic acids is 1. The molecule has 3 aromatic rings. The number of benzene rings is 1. The molecule has 0 bridgehead atoms. The number of aryl methyl sites for hydroxylation is 2. The highest BCUT2D eigenvalue weighted by atomic mass is 16.3. The SMILES string of the molecule is CCc1ccc(C(=O)c2cn(C)c3ccccc23)o1. The van der Waals surface area contributed by atoms with Gasteiger partial charge in [0.2, 0.25) is 5.78 Å². The topological polar surface area (TPSA) is 35.1 Å². The van der Waals surface area contributed by atoms with Crippen LogP contribution in [0.2, 0.25) is 0 Å². The molecule has 96 valence electrons. The van der Waals surface area contributed by atoms with Gasteiger partial charge in [0.1, 0.15) is 5.76 Å². The van der Waals surface area contributed by atoms with Gasteiger partial charge in [-0.25, -0.2) is 0 Å². The molecule has 0 aliphatic carbocycles. The molecule has 0 radical (unpaired) electrons. The van der Waals surface area contributed by atoms with Crippen LogP contribution in [0.3, 0.4) is 0 Å². The smallest absolute Gasteiger partial charge is 0.230 e. The van der Waals surface area contributed by atoms with Crippen LogP contribution in [0.5, 0.6) is 0 Å². The first kappa shape index (κ1) is 11.8. The highest BCUT2D eigenvalue weighted by molar-refractivity contribution is 6.15. The summed E-state index contributed by atoms with van der Waals surface area (Å²) in [5, 5.41) is 0.962. The number of ketones is 1. The maximum Gasteiger partial charge on any atom is 0.230 e. The second-order valence-corrected chi connectivity index (χ2v) is 4.62. The molecule has 2 aromatic heterocycles. The zero-order chi connectivity index (χ0) is 13.4. The minimum absolute atomic E-state index is 0.0588. The Morgan fingerprint density at radius 1 is 1.21 bits per heavy atom. The van der Waals surface area contributed by atoms with Crippen LogP contribution in [-0.2, 0) is 13.5 Å². The summed E-state index contributed by atoms with van der Waals surface area (Å²) in [6, 6.07) is 11.5. The van der Waals surface area contributed by atoms with E-state index in [9.17, 15) is 4.79 Å². The maximum atomic E-state index is 12.5. The van der Waals surface area contributed by atoms with Crippen LogP contribution < -0.4 is 0 Å². The minimum Gasteiger partial charge on any atom is -0.458 e. The van der Waals surface area contributed by atoms with Gasteiger partial charge in [-0.2, -0.15) is 0 Å². The molecule has 1 aromatic carbocycles. The van der Waals surface area contributed by atoms with Gasteiger partial charge in [0.15, 0.2) is 5.76 Å². The van der Waals surface area contributed by atoms with Gasteiger partial charge in [0.05, 0.1) is 5.56 Å². The molecular formula is C16H15NO2. The molecule has 3 rings (SSSR count). The molecule has 0 saturated carbocycles. The standard InChI is InChI=1S/C16H15NO2/c1-3-11-8-9-15(19-11)16(18)13-10-17(2)14-7-5-4-6-12(13)14/h4-10H,3H2,1-2H3. The van der Waals surface area contributed by atoms with Crippen molar-refractivity contribution in [1.29, 1.82) is 0 Å². The van der Waals surface area contributed by atoms with Crippen molar-refractivity contribution in [1.82, 2.24) is 4.57 Å². The zero-order valence-electron chi connectivity index (χ0n) is 11.0. The Hall–Kier alpha value is -2.29. The van der Waals surface area contributed by atoms with Gasteiger partial charge in [0, 0.05) is 30.6 Å². The number of nitrogens with zero attached hydrogens (tertiary/aromatic N) is 1. The van der Waals surface area contributed by atoms with Crippen LogP contribution in [0.1, 0.15) is 28.8 Å². The van der Waals surface area contributed by atoms with Crippen molar-refractivity contribution >= 4 is 16.7 Å². The molecule has 0 atom stereocenters. The van der Waals surface area contributed by atoms with Gasteiger partial charge in [-0.15, -0.1) is 0 Å². The Bertz CT molecular complexity index is 749. The molecule has 0 spiro atoms. The minimum atomic E-state index is -0.0588. The van der Waals surface area contributed by atoms with Crippen molar-refractivity contribution in [2.45, 2.75) is 13.3 Å². The van der Waals surface area contributed by atoms with E-state index in [1.165, 1.54) is 0 Å². The lowest BCUT2D eigenvalue weighted by Gasteiger charge is -1.95. The molecule has 0 aliphatic heterocycles. The number of furan rings is 1. The van der Waals surface area contributed by atoms with Crippen LogP contribution in [0.15, 0.2) is 47.0 Å². The number of hydrogen-bond donors (Lipinski definition) is 0. The summed E-state index contributed by atoms with van der Waals surface area (Å²) in [5.74, 6) is 1.19. The largest absolute Gasteiger partial charge is 0.458 e. The summed E-state index contributed by atoms with van der Waals surface area (Å²) >= 11 is 0. The summed E-state index contributed by atoms with van der Waals surface area (Å²) in [5.41, 5.74) is 1.74. The van der Waals surface area contributed by atoms with Gasteiger partial charge in [-0.1, -0.05) is 25.1 Å². The second-order valence-electron chi connectivity index (χ2n) is 4.62. The molecule has 0 aliphatic rings. The van der Waals surface area contributed by atoms with Gasteiger partial charge in [-0.05, 0) is 18.2 Å². The lowest BCUT2D eigenvalue weighted by atomic mass is 10.1. The average Bonchev–Trinajstić information content (AvgIpc) is 3.04. The van der Waals surface area contributed by atoms with Crippen LogP contribution in [0.25, 0.3) is 10.9 Å². The van der Waals surface area contributed by atoms with Crippen molar-refractivity contribution in [2.75, 3.05) is 0 Å². The van der Waals surface area contributed by atoms with E-state index in [0.29, 0.717) is 11.3 Å². The Kier molecular flexibility index (Phi) is 2.75. The molecule has 0 saturated heterocycles. The van der Waals surface area contributed by atoms with Crippen LogP contribution in [-0.4, -0.2) is 10.4 Å². The first-order valence-electron chi connectivity index (χ1n) is 6.38. The normalized spacial score (nSPS) is 11.1. The molecule has 0 amide bonds. The predicted octanol–water partition coefficient (Wildman–Crippen LogP) is 3.56. The third-order valence-corrected chi connectivity index (χ3v) is 3.38. The monoisotopic (exact) mass is 253 g/mol. The number of aromatic nitrogens is 1. The maximum absolute atomic E-state index is 12.5. The highest BCUT2D eigenvalue weighted by Gasteiger charge is 2.18. The molecule has 0 N–H and O–H groups in total. The molecule has 2 heterocycles. The van der Waals surface area contributed by atoms with Crippen molar-refractivity contribution in [2.24, 2.45) is 7.05 Å². The van der Waals surface area contributed by atoms with E-state index in [1.807, 2.05) is 55.1 Å². The van der Waals surface area contributed by atoms with E-state index in [0.717, 1.165) is 23.1 Å². The van der Waals surface area contributed by atoms with E-state index in [-0.39, 0.29) is 5.78 Å². The van der Waals surface area contributed by atoms with Crippen LogP contribution in [0.4, 0.5) is 0 Å². The number of para-hydroxylation sites is 1. The summed E-state index contributed by atoms with van der Waals surface area (Å²) in [6.45, 7) is 2.00. The summed E-state index contributed by atoms with van der Waals surface area (Å²) in [7, 11) is 1.94. The van der Waals surface area contributed by atoms with E-state index in [1.54, 1.807) is 6.07 Å². The average molecular weight is 253 g/mol. The second kappa shape index (κ2) is 4.43. The van der Waals surface area contributed by atoms with Gasteiger partial charge < -0.3 is 8.98 Å². The Labute approximate surface area is 111 Å². The fourth-order valence-electron chi connectivity index (χ4n) is 2.35. The quantitative estimate of drug-likeness (QED) is 0.669. The first-order chi connectivity index (χ1) is 9.20. The van der Waals surface area contributed by atoms with Crippen molar-refractivity contribution in [3.05, 3.63) is 59.7 Å². The fourth-order valence-corrected chi connectivity index (χ4v) is 2.35. The summed E-state index contributed by atoms with van der Waals surface area (Å²) in [4.78, 5) is 12.5. The molecule has 0 fully saturated rings. The lowest BCUT2D eigenvalue weighted by molar-refractivity contribution is 0.101. The van der Waals surface area contributed by atoms with E-state index in [4.69, 9.17) is 4.42 Å². The lowest BCUT2D eigenvalue weighted by Crippen LogP contribution is -1.98. The Morgan fingerprint density at radius 2 is 2.00 bits per heavy atom. The number of rotatable bonds is 3. The molecule has 3 heteroatoms. The Balaban J connectivity index is 2.11. The summed E-state index contributed by atoms with van der Waals surface area (Å²) < 4.78 is 7.51. The molecular weight excluding hydrogens is 238 g/mol. The molecule has 3 nitrogen and oxygen atoms in total. The van der Waals surface area contributed by atoms with E-state index >= 15 is 0 Å². The van der Waals surface area contributed by atoms with Crippen LogP contribution in [0, 0.1) is 0 Å². The zero-order valence-corrected chi connectivity index (χ0v) is 11.0. The van der Waals surface area contributed by atoms with Crippen molar-refractivity contribution in [3.8, 4) is 0 Å². The van der Waals surface area contributed by atoms with Crippen molar-refractivity contribution in [3.63, 3.8) is 0 Å². The Morgan fingerprint density at radius 3 is 2.74 bits per heavy atom. The molecule has 19 heavy (non-hydrogen) atoms. The fraction of sp³-hybridized carbons (Fsp3) is 0.188. The third-order valence-electron chi connectivity index (χ3n) is 3.38. The third kappa shape index (κ3) is 1.87. The number of hydrogen-bond acceptors (Lipinski definition) is 2. The predicted molar refractivity (Wildman–Crippen MR) is 74.4 cm³/mol. The van der Waals surface area contributed by atoms with E-state index < -0.39 is 0 Å². The molecule has 0 unspecified atom stereocenters. The van der Waals surface area contributed by atoms with Gasteiger partial charge >= 0.3 is 0 Å².